The number of carbonyl (C=O) groups excluding carboxylic acids is 2. The average Bonchev–Trinajstić information content (AvgIpc) is 3.28. The van der Waals surface area contributed by atoms with Crippen molar-refractivity contribution < 1.29 is 14.0 Å². The van der Waals surface area contributed by atoms with E-state index in [2.05, 4.69) is 5.32 Å². The lowest BCUT2D eigenvalue weighted by Crippen LogP contribution is -2.27. The van der Waals surface area contributed by atoms with Gasteiger partial charge in [-0.3, -0.25) is 9.59 Å². The Kier molecular flexibility index (Phi) is 4.77. The predicted octanol–water partition coefficient (Wildman–Crippen LogP) is 3.87. The van der Waals surface area contributed by atoms with Gasteiger partial charge in [-0.05, 0) is 46.7 Å². The van der Waals surface area contributed by atoms with Crippen LogP contribution < -0.4 is 5.32 Å². The van der Waals surface area contributed by atoms with E-state index in [4.69, 9.17) is 4.42 Å². The van der Waals surface area contributed by atoms with Crippen molar-refractivity contribution in [3.05, 3.63) is 76.4 Å². The van der Waals surface area contributed by atoms with Crippen molar-refractivity contribution in [2.24, 2.45) is 0 Å². The molecule has 0 bridgehead atoms. The van der Waals surface area contributed by atoms with Crippen molar-refractivity contribution >= 4 is 28.8 Å². The van der Waals surface area contributed by atoms with Crippen LogP contribution in [-0.2, 0) is 6.54 Å². The summed E-state index contributed by atoms with van der Waals surface area (Å²) in [4.78, 5) is 26.5. The molecule has 2 aromatic heterocycles. The highest BCUT2D eigenvalue weighted by atomic mass is 32.1. The SMILES string of the molecule is CN(Cc1ccsc1)C(=O)c1ccccc1NC(=O)c1ccco1. The molecule has 122 valence electrons. The van der Waals surface area contributed by atoms with Crippen LogP contribution in [0.15, 0.2) is 63.9 Å². The van der Waals surface area contributed by atoms with Crippen LogP contribution in [0.25, 0.3) is 0 Å². The molecular formula is C18H16N2O3S. The topological polar surface area (TPSA) is 62.6 Å². The molecule has 2 heterocycles. The average molecular weight is 340 g/mol. The van der Waals surface area contributed by atoms with Gasteiger partial charge >= 0.3 is 0 Å². The van der Waals surface area contributed by atoms with Gasteiger partial charge in [0.2, 0.25) is 0 Å². The Morgan fingerprint density at radius 1 is 1.17 bits per heavy atom. The van der Waals surface area contributed by atoms with Gasteiger partial charge in [-0.2, -0.15) is 11.3 Å². The van der Waals surface area contributed by atoms with Crippen LogP contribution in [0.4, 0.5) is 5.69 Å². The molecule has 3 rings (SSSR count). The van der Waals surface area contributed by atoms with Crippen molar-refractivity contribution in [3.63, 3.8) is 0 Å². The fourth-order valence-corrected chi connectivity index (χ4v) is 2.96. The van der Waals surface area contributed by atoms with E-state index in [1.807, 2.05) is 16.8 Å². The highest BCUT2D eigenvalue weighted by molar-refractivity contribution is 7.07. The van der Waals surface area contributed by atoms with E-state index in [-0.39, 0.29) is 17.6 Å². The van der Waals surface area contributed by atoms with Gasteiger partial charge in [-0.15, -0.1) is 0 Å². The standard InChI is InChI=1S/C18H16N2O3S/c1-20(11-13-8-10-24-12-13)18(22)14-5-2-3-6-15(14)19-17(21)16-7-4-9-23-16/h2-10,12H,11H2,1H3,(H,19,21). The number of amides is 2. The molecule has 0 spiro atoms. The van der Waals surface area contributed by atoms with Gasteiger partial charge in [0, 0.05) is 13.6 Å². The molecule has 0 saturated carbocycles. The normalized spacial score (nSPS) is 10.4. The fourth-order valence-electron chi connectivity index (χ4n) is 2.30. The van der Waals surface area contributed by atoms with Crippen molar-refractivity contribution in [2.75, 3.05) is 12.4 Å². The Morgan fingerprint density at radius 2 is 2.00 bits per heavy atom. The molecule has 0 atom stereocenters. The van der Waals surface area contributed by atoms with E-state index in [1.165, 1.54) is 6.26 Å². The lowest BCUT2D eigenvalue weighted by atomic mass is 10.1. The molecule has 0 unspecified atom stereocenters. The summed E-state index contributed by atoms with van der Waals surface area (Å²) in [7, 11) is 1.74. The number of thiophene rings is 1. The largest absolute Gasteiger partial charge is 0.459 e. The van der Waals surface area contributed by atoms with Gasteiger partial charge in [0.25, 0.3) is 11.8 Å². The van der Waals surface area contributed by atoms with Crippen LogP contribution in [0.1, 0.15) is 26.5 Å². The maximum Gasteiger partial charge on any atom is 0.291 e. The fraction of sp³-hybridized carbons (Fsp3) is 0.111. The Morgan fingerprint density at radius 3 is 2.71 bits per heavy atom. The number of furan rings is 1. The monoisotopic (exact) mass is 340 g/mol. The molecule has 5 nitrogen and oxygen atoms in total. The summed E-state index contributed by atoms with van der Waals surface area (Å²) in [5.41, 5.74) is 1.98. The summed E-state index contributed by atoms with van der Waals surface area (Å²) in [5, 5.41) is 6.72. The van der Waals surface area contributed by atoms with E-state index < -0.39 is 0 Å². The second-order valence-corrected chi connectivity index (χ2v) is 6.05. The first-order valence-electron chi connectivity index (χ1n) is 7.35. The van der Waals surface area contributed by atoms with Crippen LogP contribution in [0.2, 0.25) is 0 Å². The number of nitrogens with zero attached hydrogens (tertiary/aromatic N) is 1. The van der Waals surface area contributed by atoms with E-state index in [0.717, 1.165) is 5.56 Å². The number of carbonyl (C=O) groups is 2. The van der Waals surface area contributed by atoms with Crippen LogP contribution in [-0.4, -0.2) is 23.8 Å². The van der Waals surface area contributed by atoms with Gasteiger partial charge in [-0.25, -0.2) is 0 Å². The summed E-state index contributed by atoms with van der Waals surface area (Å²) >= 11 is 1.59. The minimum atomic E-state index is -0.388. The Labute approximate surface area is 143 Å². The Balaban J connectivity index is 1.78. The first kappa shape index (κ1) is 16.0. The smallest absolute Gasteiger partial charge is 0.291 e. The quantitative estimate of drug-likeness (QED) is 0.767. The van der Waals surface area contributed by atoms with Gasteiger partial charge < -0.3 is 14.6 Å². The molecular weight excluding hydrogens is 324 g/mol. The van der Waals surface area contributed by atoms with E-state index in [1.54, 1.807) is 59.7 Å². The number of para-hydroxylation sites is 1. The van der Waals surface area contributed by atoms with E-state index >= 15 is 0 Å². The zero-order valence-electron chi connectivity index (χ0n) is 13.1. The number of rotatable bonds is 5. The van der Waals surface area contributed by atoms with Crippen molar-refractivity contribution in [1.29, 1.82) is 0 Å². The highest BCUT2D eigenvalue weighted by Crippen LogP contribution is 2.19. The molecule has 0 aliphatic heterocycles. The number of anilines is 1. The zero-order valence-corrected chi connectivity index (χ0v) is 13.9. The number of benzene rings is 1. The maximum atomic E-state index is 12.7. The Bertz CT molecular complexity index is 826. The lowest BCUT2D eigenvalue weighted by molar-refractivity contribution is 0.0786. The first-order chi connectivity index (χ1) is 11.6. The van der Waals surface area contributed by atoms with Crippen LogP contribution in [0.3, 0.4) is 0 Å². The summed E-state index contributed by atoms with van der Waals surface area (Å²) in [6.45, 7) is 0.517. The Hall–Kier alpha value is -2.86. The van der Waals surface area contributed by atoms with Crippen molar-refractivity contribution in [3.8, 4) is 0 Å². The third-order valence-corrected chi connectivity index (χ3v) is 4.23. The zero-order chi connectivity index (χ0) is 16.9. The van der Waals surface area contributed by atoms with Crippen molar-refractivity contribution in [1.82, 2.24) is 4.90 Å². The molecule has 0 radical (unpaired) electrons. The van der Waals surface area contributed by atoms with Gasteiger partial charge in [0.05, 0.1) is 17.5 Å². The number of hydrogen-bond acceptors (Lipinski definition) is 4. The molecule has 3 aromatic rings. The van der Waals surface area contributed by atoms with Gasteiger partial charge in [0.1, 0.15) is 0 Å². The molecule has 1 N–H and O–H groups in total. The molecule has 1 aromatic carbocycles. The molecule has 0 aliphatic rings. The number of nitrogens with one attached hydrogen (secondary N) is 1. The molecule has 0 aliphatic carbocycles. The van der Waals surface area contributed by atoms with Crippen LogP contribution >= 0.6 is 11.3 Å². The van der Waals surface area contributed by atoms with Gasteiger partial charge in [0.15, 0.2) is 5.76 Å². The number of hydrogen-bond donors (Lipinski definition) is 1. The molecule has 0 saturated heterocycles. The highest BCUT2D eigenvalue weighted by Gasteiger charge is 2.18. The summed E-state index contributed by atoms with van der Waals surface area (Å²) in [6, 6.07) is 12.1. The van der Waals surface area contributed by atoms with Gasteiger partial charge in [-0.1, -0.05) is 12.1 Å². The molecule has 6 heteroatoms. The predicted molar refractivity (Wildman–Crippen MR) is 93.2 cm³/mol. The second-order valence-electron chi connectivity index (χ2n) is 5.27. The minimum absolute atomic E-state index is 0.156. The van der Waals surface area contributed by atoms with E-state index in [9.17, 15) is 9.59 Å². The summed E-state index contributed by atoms with van der Waals surface area (Å²) in [6.07, 6.45) is 1.43. The van der Waals surface area contributed by atoms with E-state index in [0.29, 0.717) is 17.8 Å². The van der Waals surface area contributed by atoms with Crippen LogP contribution in [0.5, 0.6) is 0 Å². The third-order valence-electron chi connectivity index (χ3n) is 3.50. The molecule has 2 amide bonds. The summed E-state index contributed by atoms with van der Waals surface area (Å²) < 4.78 is 5.08. The minimum Gasteiger partial charge on any atom is -0.459 e. The maximum absolute atomic E-state index is 12.7. The molecule has 0 fully saturated rings. The third kappa shape index (κ3) is 3.55. The van der Waals surface area contributed by atoms with Crippen molar-refractivity contribution in [2.45, 2.75) is 6.54 Å². The second kappa shape index (κ2) is 7.14. The lowest BCUT2D eigenvalue weighted by Gasteiger charge is -2.18. The molecule has 24 heavy (non-hydrogen) atoms. The first-order valence-corrected chi connectivity index (χ1v) is 8.30. The van der Waals surface area contributed by atoms with Crippen LogP contribution in [0, 0.1) is 0 Å². The summed E-state index contributed by atoms with van der Waals surface area (Å²) in [5.74, 6) is -0.346.